The van der Waals surface area contributed by atoms with Crippen LogP contribution in [0.5, 0.6) is 0 Å². The van der Waals surface area contributed by atoms with Gasteiger partial charge < -0.3 is 18.3 Å². The second-order valence-electron chi connectivity index (χ2n) is 24.1. The SMILES string of the molecule is Cc1c(-c2ccc3c(c2)c2ccccc2n3-c2ccccc2)cc(-c2cc(-c3ccc4c(c3)c3ccccc3n4-c3ccccc3)c(C)c(-c3ccc4c(c3)c3ccccc3n4-c3ccccc3)c2)cc1-c1ccc2c(c1)c1ccccc1n2-c1ccccc1. The quantitative estimate of drug-likeness (QED) is 0.137. The fraction of sp³-hybridized carbons (Fsp3) is 0.0233. The molecule has 0 unspecified atom stereocenters. The molecule has 0 bridgehead atoms. The summed E-state index contributed by atoms with van der Waals surface area (Å²) >= 11 is 0. The van der Waals surface area contributed by atoms with Gasteiger partial charge >= 0.3 is 0 Å². The Labute approximate surface area is 521 Å². The third-order valence-electron chi connectivity index (χ3n) is 19.1. The summed E-state index contributed by atoms with van der Waals surface area (Å²) < 4.78 is 9.64. The third-order valence-corrected chi connectivity index (χ3v) is 19.1. The van der Waals surface area contributed by atoms with Crippen molar-refractivity contribution in [1.82, 2.24) is 18.3 Å². The largest absolute Gasteiger partial charge is 0.309 e. The molecule has 0 spiro atoms. The molecule has 0 amide bonds. The van der Waals surface area contributed by atoms with Crippen LogP contribution in [0.3, 0.4) is 0 Å². The van der Waals surface area contributed by atoms with E-state index in [0.29, 0.717) is 0 Å². The highest BCUT2D eigenvalue weighted by Gasteiger charge is 2.23. The maximum absolute atomic E-state index is 2.47. The van der Waals surface area contributed by atoms with E-state index in [1.807, 2.05) is 0 Å². The van der Waals surface area contributed by atoms with Crippen molar-refractivity contribution in [2.45, 2.75) is 13.8 Å². The fourth-order valence-corrected chi connectivity index (χ4v) is 14.9. The fourth-order valence-electron chi connectivity index (χ4n) is 14.9. The van der Waals surface area contributed by atoms with E-state index in [4.69, 9.17) is 0 Å². The summed E-state index contributed by atoms with van der Waals surface area (Å²) in [4.78, 5) is 0. The van der Waals surface area contributed by atoms with Gasteiger partial charge in [-0.05, 0) is 226 Å². The average molecular weight is 1150 g/mol. The molecule has 0 fully saturated rings. The van der Waals surface area contributed by atoms with E-state index in [1.165, 1.54) is 143 Å². The molecule has 0 atom stereocenters. The molecule has 0 radical (unpaired) electrons. The average Bonchev–Trinajstić information content (AvgIpc) is 1.68. The van der Waals surface area contributed by atoms with E-state index in [-0.39, 0.29) is 0 Å². The minimum Gasteiger partial charge on any atom is -0.309 e. The van der Waals surface area contributed by atoms with Crippen LogP contribution in [0.25, 0.3) is 166 Å². The number of nitrogens with zero attached hydrogens (tertiary/aromatic N) is 4. The Morgan fingerprint density at radius 2 is 0.367 bits per heavy atom. The highest BCUT2D eigenvalue weighted by Crippen LogP contribution is 2.46. The molecule has 0 saturated heterocycles. The number of aromatic nitrogens is 4. The first kappa shape index (κ1) is 51.5. The summed E-state index contributed by atoms with van der Waals surface area (Å²) in [5.41, 5.74) is 28.3. The molecule has 0 N–H and O–H groups in total. The lowest BCUT2D eigenvalue weighted by Crippen LogP contribution is -1.96. The standard InChI is InChI=1S/C86H58N4/c1-55-71(57-39-43-83-75(47-57)67-31-15-19-35-79(67)87(83)63-23-7-3-8-24-63)51-61(52-72(55)58-40-44-84-76(48-58)68-32-16-20-36-80(68)88(84)64-25-9-4-10-26-64)62-53-73(59-41-45-85-77(49-59)69-33-17-21-37-81(69)89(85)65-27-11-5-12-28-65)56(2)74(54-62)60-42-46-86-78(50-60)70-34-18-22-38-82(70)90(86)66-29-13-6-14-30-66/h3-54H,1-2H3. The summed E-state index contributed by atoms with van der Waals surface area (Å²) in [6, 6.07) is 117. The third kappa shape index (κ3) is 8.01. The Hall–Kier alpha value is -11.7. The van der Waals surface area contributed by atoms with Gasteiger partial charge in [0.15, 0.2) is 0 Å². The molecule has 4 heteroatoms. The number of rotatable bonds is 9. The molecule has 0 saturated carbocycles. The summed E-state index contributed by atoms with van der Waals surface area (Å²) in [5.74, 6) is 0. The lowest BCUT2D eigenvalue weighted by Gasteiger charge is -2.20. The minimum atomic E-state index is 1.15. The molecular weight excluding hydrogens is 1090 g/mol. The van der Waals surface area contributed by atoms with Crippen LogP contribution < -0.4 is 0 Å². The zero-order chi connectivity index (χ0) is 59.6. The highest BCUT2D eigenvalue weighted by atomic mass is 15.0. The Kier molecular flexibility index (Phi) is 11.7. The number of hydrogen-bond acceptors (Lipinski definition) is 0. The molecule has 90 heavy (non-hydrogen) atoms. The molecule has 0 aliphatic carbocycles. The van der Waals surface area contributed by atoms with Gasteiger partial charge in [0.25, 0.3) is 0 Å². The lowest BCUT2D eigenvalue weighted by atomic mass is 9.84. The van der Waals surface area contributed by atoms with Gasteiger partial charge in [-0.3, -0.25) is 0 Å². The van der Waals surface area contributed by atoms with Gasteiger partial charge in [-0.15, -0.1) is 0 Å². The second-order valence-corrected chi connectivity index (χ2v) is 24.1. The van der Waals surface area contributed by atoms with E-state index < -0.39 is 0 Å². The van der Waals surface area contributed by atoms with Gasteiger partial charge in [0, 0.05) is 65.8 Å². The predicted octanol–water partition coefficient (Wildman–Crippen LogP) is 23.0. The van der Waals surface area contributed by atoms with Gasteiger partial charge in [0.2, 0.25) is 0 Å². The van der Waals surface area contributed by atoms with Crippen molar-refractivity contribution in [1.29, 1.82) is 0 Å². The molecule has 14 aromatic carbocycles. The number of benzene rings is 14. The Morgan fingerprint density at radius 3 is 0.600 bits per heavy atom. The van der Waals surface area contributed by atoms with E-state index >= 15 is 0 Å². The smallest absolute Gasteiger partial charge is 0.0541 e. The Morgan fingerprint density at radius 1 is 0.167 bits per heavy atom. The van der Waals surface area contributed by atoms with Crippen LogP contribution >= 0.6 is 0 Å². The topological polar surface area (TPSA) is 19.7 Å². The van der Waals surface area contributed by atoms with Crippen LogP contribution in [0.4, 0.5) is 0 Å². The molecule has 0 aliphatic rings. The number of hydrogen-bond donors (Lipinski definition) is 0. The first-order valence-electron chi connectivity index (χ1n) is 31.1. The van der Waals surface area contributed by atoms with Crippen molar-refractivity contribution < 1.29 is 0 Å². The lowest BCUT2D eigenvalue weighted by molar-refractivity contribution is 1.18. The molecule has 4 heterocycles. The monoisotopic (exact) mass is 1150 g/mol. The molecule has 18 rings (SSSR count). The normalized spacial score (nSPS) is 11.9. The van der Waals surface area contributed by atoms with E-state index in [9.17, 15) is 0 Å². The summed E-state index contributed by atoms with van der Waals surface area (Å²) in [6.45, 7) is 4.66. The Bertz CT molecular complexity index is 5180. The van der Waals surface area contributed by atoms with Crippen LogP contribution in [0.1, 0.15) is 11.1 Å². The molecule has 4 nitrogen and oxygen atoms in total. The van der Waals surface area contributed by atoms with Crippen LogP contribution in [0.2, 0.25) is 0 Å². The van der Waals surface area contributed by atoms with Crippen molar-refractivity contribution >= 4 is 87.2 Å². The summed E-state index contributed by atoms with van der Waals surface area (Å²) in [7, 11) is 0. The van der Waals surface area contributed by atoms with Gasteiger partial charge in [0.05, 0.1) is 44.1 Å². The van der Waals surface area contributed by atoms with Crippen molar-refractivity contribution in [3.05, 3.63) is 327 Å². The van der Waals surface area contributed by atoms with Gasteiger partial charge in [-0.2, -0.15) is 0 Å². The molecule has 4 aromatic heterocycles. The number of para-hydroxylation sites is 8. The maximum atomic E-state index is 2.47. The zero-order valence-electron chi connectivity index (χ0n) is 49.8. The zero-order valence-corrected chi connectivity index (χ0v) is 49.8. The molecule has 422 valence electrons. The summed E-state index contributed by atoms with van der Waals surface area (Å²) in [6.07, 6.45) is 0. The van der Waals surface area contributed by atoms with Gasteiger partial charge in [0.1, 0.15) is 0 Å². The van der Waals surface area contributed by atoms with Crippen molar-refractivity contribution in [3.63, 3.8) is 0 Å². The van der Waals surface area contributed by atoms with Crippen molar-refractivity contribution in [3.8, 4) is 78.4 Å². The van der Waals surface area contributed by atoms with Gasteiger partial charge in [-0.1, -0.05) is 170 Å². The van der Waals surface area contributed by atoms with Crippen LogP contribution in [-0.4, -0.2) is 18.3 Å². The van der Waals surface area contributed by atoms with E-state index in [0.717, 1.165) is 33.9 Å². The van der Waals surface area contributed by atoms with E-state index in [1.54, 1.807) is 0 Å². The predicted molar refractivity (Wildman–Crippen MR) is 380 cm³/mol. The number of fused-ring (bicyclic) bond motifs is 12. The Balaban J connectivity index is 0.904. The van der Waals surface area contributed by atoms with E-state index in [2.05, 4.69) is 348 Å². The van der Waals surface area contributed by atoms with Crippen LogP contribution in [0.15, 0.2) is 315 Å². The maximum Gasteiger partial charge on any atom is 0.0541 e. The molecule has 0 aliphatic heterocycles. The van der Waals surface area contributed by atoms with Crippen molar-refractivity contribution in [2.24, 2.45) is 0 Å². The minimum absolute atomic E-state index is 1.15. The highest BCUT2D eigenvalue weighted by molar-refractivity contribution is 6.15. The molecule has 18 aromatic rings. The van der Waals surface area contributed by atoms with Crippen LogP contribution in [0, 0.1) is 13.8 Å². The first-order chi connectivity index (χ1) is 44.5. The molecular formula is C86H58N4. The van der Waals surface area contributed by atoms with Crippen LogP contribution in [-0.2, 0) is 0 Å². The first-order valence-corrected chi connectivity index (χ1v) is 31.1. The second kappa shape index (κ2) is 20.5. The van der Waals surface area contributed by atoms with Gasteiger partial charge in [-0.25, -0.2) is 0 Å². The summed E-state index contributed by atoms with van der Waals surface area (Å²) in [5, 5.41) is 9.81. The van der Waals surface area contributed by atoms with Crippen molar-refractivity contribution in [2.75, 3.05) is 0 Å².